The van der Waals surface area contributed by atoms with Gasteiger partial charge in [-0.15, -0.1) is 11.8 Å². The SMILES string of the molecule is CSc1cccc(N2CCC[C@H]3CCCC[C@H]32)c1C(N)=S. The van der Waals surface area contributed by atoms with E-state index in [-0.39, 0.29) is 0 Å². The molecule has 2 nitrogen and oxygen atoms in total. The van der Waals surface area contributed by atoms with E-state index in [1.165, 1.54) is 49.1 Å². The summed E-state index contributed by atoms with van der Waals surface area (Å²) in [7, 11) is 0. The highest BCUT2D eigenvalue weighted by atomic mass is 32.2. The summed E-state index contributed by atoms with van der Waals surface area (Å²) in [5.74, 6) is 0.865. The van der Waals surface area contributed by atoms with Gasteiger partial charge < -0.3 is 10.6 Å². The molecule has 4 heteroatoms. The number of hydrogen-bond acceptors (Lipinski definition) is 3. The number of fused-ring (bicyclic) bond motifs is 1. The molecule has 21 heavy (non-hydrogen) atoms. The number of thiocarbonyl (C=S) groups is 1. The summed E-state index contributed by atoms with van der Waals surface area (Å²) >= 11 is 7.09. The quantitative estimate of drug-likeness (QED) is 0.667. The third-order valence-electron chi connectivity index (χ3n) is 5.02. The largest absolute Gasteiger partial charge is 0.389 e. The van der Waals surface area contributed by atoms with Crippen LogP contribution in [-0.2, 0) is 0 Å². The predicted molar refractivity (Wildman–Crippen MR) is 96.4 cm³/mol. The lowest BCUT2D eigenvalue weighted by molar-refractivity contribution is 0.243. The summed E-state index contributed by atoms with van der Waals surface area (Å²) < 4.78 is 0. The number of piperidine rings is 1. The molecule has 114 valence electrons. The van der Waals surface area contributed by atoms with Crippen molar-refractivity contribution in [2.75, 3.05) is 17.7 Å². The summed E-state index contributed by atoms with van der Waals surface area (Å²) in [6.07, 6.45) is 10.3. The number of benzene rings is 1. The molecule has 1 aliphatic carbocycles. The molecule has 2 fully saturated rings. The Hall–Kier alpha value is -0.740. The van der Waals surface area contributed by atoms with Gasteiger partial charge in [0.15, 0.2) is 0 Å². The van der Waals surface area contributed by atoms with Gasteiger partial charge in [-0.1, -0.05) is 31.1 Å². The van der Waals surface area contributed by atoms with E-state index in [9.17, 15) is 0 Å². The van der Waals surface area contributed by atoms with Gasteiger partial charge in [0.05, 0.1) is 0 Å². The van der Waals surface area contributed by atoms with Crippen molar-refractivity contribution in [3.63, 3.8) is 0 Å². The lowest BCUT2D eigenvalue weighted by atomic mass is 9.78. The van der Waals surface area contributed by atoms with Crippen molar-refractivity contribution in [3.8, 4) is 0 Å². The summed E-state index contributed by atoms with van der Waals surface area (Å²) in [4.78, 5) is 4.35. The fourth-order valence-electron chi connectivity index (χ4n) is 4.10. The Labute approximate surface area is 137 Å². The molecule has 0 bridgehead atoms. The number of thioether (sulfide) groups is 1. The molecule has 2 N–H and O–H groups in total. The molecule has 1 saturated heterocycles. The second-order valence-corrected chi connectivity index (χ2v) is 7.45. The minimum absolute atomic E-state index is 0.535. The summed E-state index contributed by atoms with van der Waals surface area (Å²) in [6.45, 7) is 1.15. The van der Waals surface area contributed by atoms with E-state index in [2.05, 4.69) is 29.4 Å². The van der Waals surface area contributed by atoms with Crippen LogP contribution in [0.15, 0.2) is 23.1 Å². The summed E-state index contributed by atoms with van der Waals surface area (Å²) in [6, 6.07) is 7.18. The van der Waals surface area contributed by atoms with Crippen LogP contribution in [0.5, 0.6) is 0 Å². The van der Waals surface area contributed by atoms with Crippen molar-refractivity contribution >= 4 is 34.7 Å². The molecule has 1 aromatic carbocycles. The first kappa shape index (κ1) is 15.2. The third kappa shape index (κ3) is 2.93. The molecule has 1 saturated carbocycles. The average molecular weight is 321 g/mol. The third-order valence-corrected chi connectivity index (χ3v) is 6.01. The molecular formula is C17H24N2S2. The van der Waals surface area contributed by atoms with E-state index >= 15 is 0 Å². The van der Waals surface area contributed by atoms with Gasteiger partial charge in [0, 0.05) is 28.7 Å². The van der Waals surface area contributed by atoms with Crippen molar-refractivity contribution in [1.82, 2.24) is 0 Å². The number of nitrogens with two attached hydrogens (primary N) is 1. The average Bonchev–Trinajstić information content (AvgIpc) is 2.53. The molecule has 0 aromatic heterocycles. The predicted octanol–water partition coefficient (Wildman–Crippen LogP) is 4.20. The molecule has 0 spiro atoms. The van der Waals surface area contributed by atoms with Gasteiger partial charge in [-0.05, 0) is 50.0 Å². The van der Waals surface area contributed by atoms with E-state index in [0.29, 0.717) is 11.0 Å². The number of anilines is 1. The molecule has 2 aliphatic rings. The lowest BCUT2D eigenvalue weighted by Gasteiger charge is -2.46. The maximum absolute atomic E-state index is 6.06. The normalized spacial score (nSPS) is 25.5. The highest BCUT2D eigenvalue weighted by molar-refractivity contribution is 7.98. The van der Waals surface area contributed by atoms with Crippen molar-refractivity contribution in [1.29, 1.82) is 0 Å². The van der Waals surface area contributed by atoms with Gasteiger partial charge >= 0.3 is 0 Å². The maximum atomic E-state index is 6.06. The monoisotopic (exact) mass is 320 g/mol. The fourth-order valence-corrected chi connectivity index (χ4v) is 5.01. The molecule has 0 unspecified atom stereocenters. The molecular weight excluding hydrogens is 296 g/mol. The lowest BCUT2D eigenvalue weighted by Crippen LogP contribution is -2.47. The second kappa shape index (κ2) is 6.57. The first-order chi connectivity index (χ1) is 10.2. The first-order valence-electron chi connectivity index (χ1n) is 7.96. The van der Waals surface area contributed by atoms with E-state index in [0.717, 1.165) is 18.0 Å². The minimum atomic E-state index is 0.535. The molecule has 2 atom stereocenters. The van der Waals surface area contributed by atoms with Crippen LogP contribution in [0.1, 0.15) is 44.1 Å². The Morgan fingerprint density at radius 3 is 2.76 bits per heavy atom. The Balaban J connectivity index is 2.00. The highest BCUT2D eigenvalue weighted by Gasteiger charge is 2.34. The van der Waals surface area contributed by atoms with Gasteiger partial charge in [-0.2, -0.15) is 0 Å². The van der Waals surface area contributed by atoms with E-state index in [1.54, 1.807) is 11.8 Å². The Kier molecular flexibility index (Phi) is 4.75. The van der Waals surface area contributed by atoms with Crippen LogP contribution in [0.4, 0.5) is 5.69 Å². The maximum Gasteiger partial charge on any atom is 0.107 e. The number of nitrogens with zero attached hydrogens (tertiary/aromatic N) is 1. The van der Waals surface area contributed by atoms with Crippen LogP contribution < -0.4 is 10.6 Å². The van der Waals surface area contributed by atoms with Gasteiger partial charge in [-0.25, -0.2) is 0 Å². The second-order valence-electron chi connectivity index (χ2n) is 6.17. The van der Waals surface area contributed by atoms with Crippen LogP contribution in [0.3, 0.4) is 0 Å². The summed E-state index contributed by atoms with van der Waals surface area (Å²) in [5.41, 5.74) is 8.42. The summed E-state index contributed by atoms with van der Waals surface area (Å²) in [5, 5.41) is 0. The topological polar surface area (TPSA) is 29.3 Å². The van der Waals surface area contributed by atoms with Gasteiger partial charge in [0.2, 0.25) is 0 Å². The fraction of sp³-hybridized carbons (Fsp3) is 0.588. The van der Waals surface area contributed by atoms with E-state index in [1.807, 2.05) is 0 Å². The van der Waals surface area contributed by atoms with E-state index < -0.39 is 0 Å². The van der Waals surface area contributed by atoms with Crippen molar-refractivity contribution in [2.24, 2.45) is 11.7 Å². The smallest absolute Gasteiger partial charge is 0.107 e. The van der Waals surface area contributed by atoms with Crippen LogP contribution >= 0.6 is 24.0 Å². The van der Waals surface area contributed by atoms with Crippen LogP contribution in [0.2, 0.25) is 0 Å². The van der Waals surface area contributed by atoms with E-state index in [4.69, 9.17) is 18.0 Å². The Bertz CT molecular complexity index is 528. The zero-order chi connectivity index (χ0) is 14.8. The molecule has 0 amide bonds. The Morgan fingerprint density at radius 2 is 2.00 bits per heavy atom. The van der Waals surface area contributed by atoms with Gasteiger partial charge in [0.25, 0.3) is 0 Å². The number of hydrogen-bond donors (Lipinski definition) is 1. The molecule has 1 heterocycles. The standard InChI is InChI=1S/C17H24N2S2/c1-21-15-10-4-9-14(16(15)17(18)20)19-11-5-7-12-6-2-3-8-13(12)19/h4,9-10,12-13H,2-3,5-8,11H2,1H3,(H2,18,20)/t12-,13-/m1/s1. The van der Waals surface area contributed by atoms with Crippen LogP contribution in [0, 0.1) is 5.92 Å². The minimum Gasteiger partial charge on any atom is -0.389 e. The zero-order valence-corrected chi connectivity index (χ0v) is 14.3. The van der Waals surface area contributed by atoms with Crippen molar-refractivity contribution in [3.05, 3.63) is 23.8 Å². The Morgan fingerprint density at radius 1 is 1.24 bits per heavy atom. The van der Waals surface area contributed by atoms with Gasteiger partial charge in [-0.3, -0.25) is 0 Å². The van der Waals surface area contributed by atoms with Crippen molar-refractivity contribution in [2.45, 2.75) is 49.5 Å². The molecule has 0 radical (unpaired) electrons. The highest BCUT2D eigenvalue weighted by Crippen LogP contribution is 2.40. The van der Waals surface area contributed by atoms with Crippen LogP contribution in [-0.4, -0.2) is 23.8 Å². The molecule has 1 aromatic rings. The molecule has 1 aliphatic heterocycles. The van der Waals surface area contributed by atoms with Crippen LogP contribution in [0.25, 0.3) is 0 Å². The van der Waals surface area contributed by atoms with Gasteiger partial charge in [0.1, 0.15) is 4.99 Å². The molecule has 3 rings (SSSR count). The first-order valence-corrected chi connectivity index (χ1v) is 9.59. The number of rotatable bonds is 3. The zero-order valence-electron chi connectivity index (χ0n) is 12.7. The van der Waals surface area contributed by atoms with Crippen molar-refractivity contribution < 1.29 is 0 Å².